The van der Waals surface area contributed by atoms with Crippen LogP contribution >= 0.6 is 0 Å². The first-order valence-corrected chi connectivity index (χ1v) is 8.82. The molecule has 0 atom stereocenters. The molecule has 0 fully saturated rings. The Labute approximate surface area is 168 Å². The number of nitrogens with one attached hydrogen (secondary N) is 2. The first-order valence-electron chi connectivity index (χ1n) is 8.82. The Hall–Kier alpha value is -3.28. The van der Waals surface area contributed by atoms with E-state index in [1.807, 2.05) is 0 Å². The third-order valence-corrected chi connectivity index (χ3v) is 4.09. The summed E-state index contributed by atoms with van der Waals surface area (Å²) in [5.41, 5.74) is 2.01. The summed E-state index contributed by atoms with van der Waals surface area (Å²) in [4.78, 5) is 0. The van der Waals surface area contributed by atoms with Crippen LogP contribution < -0.4 is 10.6 Å². The minimum absolute atomic E-state index is 0.201. The van der Waals surface area contributed by atoms with Gasteiger partial charge in [0.05, 0.1) is 5.56 Å². The predicted octanol–water partition coefficient (Wildman–Crippen LogP) is 5.80. The standard InChI is InChI=1S/C23H22F4N2/c1-4-5-21(12-13-28-3)29-16(2)22-11-8-19(23(25,26)27)15-18(22)14-17-6-9-20(24)10-7-17/h4-13,15,28-29H,1-2,14H2,3H3/b13-12-,21-5+. The van der Waals surface area contributed by atoms with Gasteiger partial charge in [-0.25, -0.2) is 4.39 Å². The minimum atomic E-state index is -4.46. The Kier molecular flexibility index (Phi) is 7.42. The molecule has 0 radical (unpaired) electrons. The van der Waals surface area contributed by atoms with Crippen LogP contribution in [0.4, 0.5) is 17.6 Å². The van der Waals surface area contributed by atoms with Gasteiger partial charge in [0.15, 0.2) is 0 Å². The molecule has 0 amide bonds. The predicted molar refractivity (Wildman–Crippen MR) is 109 cm³/mol. The average Bonchev–Trinajstić information content (AvgIpc) is 2.67. The third kappa shape index (κ3) is 6.38. The van der Waals surface area contributed by atoms with E-state index in [1.54, 1.807) is 43.6 Å². The van der Waals surface area contributed by atoms with Gasteiger partial charge in [-0.3, -0.25) is 0 Å². The zero-order valence-corrected chi connectivity index (χ0v) is 16.0. The van der Waals surface area contributed by atoms with E-state index in [0.29, 0.717) is 28.1 Å². The molecule has 2 aromatic carbocycles. The molecule has 0 aliphatic rings. The van der Waals surface area contributed by atoms with E-state index in [-0.39, 0.29) is 6.42 Å². The van der Waals surface area contributed by atoms with E-state index in [2.05, 4.69) is 23.8 Å². The van der Waals surface area contributed by atoms with E-state index < -0.39 is 17.6 Å². The van der Waals surface area contributed by atoms with Crippen LogP contribution in [0.25, 0.3) is 5.70 Å². The molecule has 0 heterocycles. The second-order valence-corrected chi connectivity index (χ2v) is 6.26. The molecule has 0 aromatic heterocycles. The summed E-state index contributed by atoms with van der Waals surface area (Å²) < 4.78 is 52.8. The second-order valence-electron chi connectivity index (χ2n) is 6.26. The molecule has 2 N–H and O–H groups in total. The van der Waals surface area contributed by atoms with Crippen LogP contribution in [0, 0.1) is 5.82 Å². The van der Waals surface area contributed by atoms with Gasteiger partial charge in [0.25, 0.3) is 0 Å². The summed E-state index contributed by atoms with van der Waals surface area (Å²) in [6.45, 7) is 7.63. The van der Waals surface area contributed by atoms with Crippen LogP contribution in [-0.4, -0.2) is 7.05 Å². The number of alkyl halides is 3. The molecule has 2 nitrogen and oxygen atoms in total. The van der Waals surface area contributed by atoms with Gasteiger partial charge in [-0.05, 0) is 60.2 Å². The van der Waals surface area contributed by atoms with Crippen molar-refractivity contribution >= 4 is 5.70 Å². The average molecular weight is 402 g/mol. The molecule has 0 saturated carbocycles. The summed E-state index contributed by atoms with van der Waals surface area (Å²) in [6.07, 6.45) is 2.48. The SMILES string of the molecule is C=C/C=C(\C=C/NC)NC(=C)c1ccc(C(F)(F)F)cc1Cc1ccc(F)cc1. The fourth-order valence-corrected chi connectivity index (χ4v) is 2.71. The normalized spacial score (nSPS) is 12.1. The van der Waals surface area contributed by atoms with Crippen molar-refractivity contribution in [2.45, 2.75) is 12.6 Å². The lowest BCUT2D eigenvalue weighted by Gasteiger charge is -2.17. The Bertz CT molecular complexity index is 923. The Morgan fingerprint density at radius 2 is 1.79 bits per heavy atom. The van der Waals surface area contributed by atoms with E-state index in [4.69, 9.17) is 0 Å². The van der Waals surface area contributed by atoms with Crippen LogP contribution in [-0.2, 0) is 12.6 Å². The highest BCUT2D eigenvalue weighted by molar-refractivity contribution is 5.68. The highest BCUT2D eigenvalue weighted by atomic mass is 19.4. The molecule has 0 spiro atoms. The molecule has 0 unspecified atom stereocenters. The van der Waals surface area contributed by atoms with Crippen molar-refractivity contribution in [3.05, 3.63) is 114 Å². The Morgan fingerprint density at radius 3 is 2.38 bits per heavy atom. The molecular formula is C23H22F4N2. The van der Waals surface area contributed by atoms with E-state index in [0.717, 1.165) is 12.1 Å². The number of benzene rings is 2. The maximum Gasteiger partial charge on any atom is 0.416 e. The quantitative estimate of drug-likeness (QED) is 0.431. The summed E-state index contributed by atoms with van der Waals surface area (Å²) in [5.74, 6) is -0.403. The lowest BCUT2D eigenvalue weighted by Crippen LogP contribution is -2.13. The topological polar surface area (TPSA) is 24.1 Å². The van der Waals surface area contributed by atoms with Crippen LogP contribution in [0.15, 0.2) is 85.7 Å². The lowest BCUT2D eigenvalue weighted by molar-refractivity contribution is -0.137. The summed E-state index contributed by atoms with van der Waals surface area (Å²) in [7, 11) is 1.74. The summed E-state index contributed by atoms with van der Waals surface area (Å²) in [6, 6.07) is 9.18. The zero-order chi connectivity index (χ0) is 21.4. The van der Waals surface area contributed by atoms with Crippen LogP contribution in [0.5, 0.6) is 0 Å². The highest BCUT2D eigenvalue weighted by Crippen LogP contribution is 2.32. The van der Waals surface area contributed by atoms with Gasteiger partial charge in [-0.1, -0.05) is 37.4 Å². The van der Waals surface area contributed by atoms with Gasteiger partial charge in [0.1, 0.15) is 5.82 Å². The fourth-order valence-electron chi connectivity index (χ4n) is 2.71. The maximum atomic E-state index is 13.2. The van der Waals surface area contributed by atoms with Gasteiger partial charge in [-0.2, -0.15) is 13.2 Å². The number of rotatable bonds is 8. The largest absolute Gasteiger partial charge is 0.416 e. The van der Waals surface area contributed by atoms with E-state index >= 15 is 0 Å². The van der Waals surface area contributed by atoms with Crippen molar-refractivity contribution in [3.8, 4) is 0 Å². The van der Waals surface area contributed by atoms with Crippen molar-refractivity contribution < 1.29 is 17.6 Å². The fraction of sp³-hybridized carbons (Fsp3) is 0.130. The number of halogens is 4. The zero-order valence-electron chi connectivity index (χ0n) is 16.0. The second kappa shape index (κ2) is 9.78. The van der Waals surface area contributed by atoms with Crippen molar-refractivity contribution in [1.82, 2.24) is 10.6 Å². The molecule has 0 saturated heterocycles. The summed E-state index contributed by atoms with van der Waals surface area (Å²) >= 11 is 0. The third-order valence-electron chi connectivity index (χ3n) is 4.09. The summed E-state index contributed by atoms with van der Waals surface area (Å²) in [5, 5.41) is 5.95. The molecule has 29 heavy (non-hydrogen) atoms. The van der Waals surface area contributed by atoms with Crippen molar-refractivity contribution in [2.24, 2.45) is 0 Å². The first kappa shape index (κ1) is 22.0. The molecule has 0 bridgehead atoms. The van der Waals surface area contributed by atoms with Gasteiger partial charge in [-0.15, -0.1) is 0 Å². The maximum absolute atomic E-state index is 13.2. The molecular weight excluding hydrogens is 380 g/mol. The molecule has 0 aliphatic heterocycles. The van der Waals surface area contributed by atoms with Gasteiger partial charge in [0.2, 0.25) is 0 Å². The van der Waals surface area contributed by atoms with E-state index in [1.165, 1.54) is 18.2 Å². The number of hydrogen-bond acceptors (Lipinski definition) is 2. The molecule has 2 aromatic rings. The molecule has 0 aliphatic carbocycles. The Morgan fingerprint density at radius 1 is 1.10 bits per heavy atom. The van der Waals surface area contributed by atoms with Gasteiger partial charge >= 0.3 is 6.18 Å². The van der Waals surface area contributed by atoms with Gasteiger partial charge < -0.3 is 10.6 Å². The Balaban J connectivity index is 2.42. The smallest absolute Gasteiger partial charge is 0.394 e. The minimum Gasteiger partial charge on any atom is -0.394 e. The number of hydrogen-bond donors (Lipinski definition) is 2. The highest BCUT2D eigenvalue weighted by Gasteiger charge is 2.31. The molecule has 152 valence electrons. The monoisotopic (exact) mass is 402 g/mol. The van der Waals surface area contributed by atoms with Crippen LogP contribution in [0.1, 0.15) is 22.3 Å². The van der Waals surface area contributed by atoms with Crippen LogP contribution in [0.3, 0.4) is 0 Å². The lowest BCUT2D eigenvalue weighted by atomic mass is 9.95. The van der Waals surface area contributed by atoms with Crippen molar-refractivity contribution in [3.63, 3.8) is 0 Å². The number of allylic oxidation sites excluding steroid dienone is 3. The van der Waals surface area contributed by atoms with Crippen molar-refractivity contribution in [1.29, 1.82) is 0 Å². The molecule has 2 rings (SSSR count). The van der Waals surface area contributed by atoms with E-state index in [9.17, 15) is 17.6 Å². The molecule has 6 heteroatoms. The van der Waals surface area contributed by atoms with Crippen LogP contribution in [0.2, 0.25) is 0 Å². The van der Waals surface area contributed by atoms with Crippen molar-refractivity contribution in [2.75, 3.05) is 7.05 Å². The van der Waals surface area contributed by atoms with Gasteiger partial charge in [0, 0.05) is 24.0 Å². The first-order chi connectivity index (χ1) is 13.7.